The second-order valence-electron chi connectivity index (χ2n) is 3.75. The van der Waals surface area contributed by atoms with Crippen LogP contribution < -0.4 is 10.6 Å². The van der Waals surface area contributed by atoms with E-state index >= 15 is 0 Å². The molecule has 112 valence electrons. The predicted octanol–water partition coefficient (Wildman–Crippen LogP) is 2.62. The molecule has 0 fully saturated rings. The van der Waals surface area contributed by atoms with Crippen LogP contribution in [0.4, 0.5) is 15.3 Å². The number of carbonyl (C=O) groups excluding carboxylic acids is 1. The van der Waals surface area contributed by atoms with Crippen LogP contribution in [0, 0.1) is 0 Å². The monoisotopic (exact) mass is 284 g/mol. The highest BCUT2D eigenvalue weighted by Gasteiger charge is 1.99. The largest absolute Gasteiger partial charge is 0.508 e. The SMILES string of the molecule is CCCCNC(=O)O.COC(=O)Nc1cccc(O)c1. The molecule has 2 amide bonds. The third-order valence-corrected chi connectivity index (χ3v) is 2.08. The zero-order valence-corrected chi connectivity index (χ0v) is 11.5. The fraction of sp³-hybridized carbons (Fsp3) is 0.385. The number of carbonyl (C=O) groups is 2. The van der Waals surface area contributed by atoms with Gasteiger partial charge in [-0.1, -0.05) is 19.4 Å². The number of carboxylic acid groups (broad SMARTS) is 1. The molecule has 0 bridgehead atoms. The van der Waals surface area contributed by atoms with Gasteiger partial charge in [0.1, 0.15) is 5.75 Å². The van der Waals surface area contributed by atoms with Gasteiger partial charge >= 0.3 is 12.2 Å². The van der Waals surface area contributed by atoms with E-state index in [0.717, 1.165) is 12.8 Å². The first-order valence-electron chi connectivity index (χ1n) is 6.10. The minimum atomic E-state index is -0.932. The van der Waals surface area contributed by atoms with Crippen LogP contribution in [-0.2, 0) is 4.74 Å². The molecule has 0 spiro atoms. The van der Waals surface area contributed by atoms with E-state index in [-0.39, 0.29) is 5.75 Å². The Kier molecular flexibility index (Phi) is 9.20. The average Bonchev–Trinajstić information content (AvgIpc) is 2.39. The summed E-state index contributed by atoms with van der Waals surface area (Å²) in [6.45, 7) is 2.59. The molecule has 1 aromatic carbocycles. The summed E-state index contributed by atoms with van der Waals surface area (Å²) in [4.78, 5) is 20.4. The number of ether oxygens (including phenoxy) is 1. The number of anilines is 1. The van der Waals surface area contributed by atoms with Crippen molar-refractivity contribution in [3.05, 3.63) is 24.3 Å². The van der Waals surface area contributed by atoms with E-state index in [1.54, 1.807) is 12.1 Å². The number of phenolic OH excluding ortho intramolecular Hbond substituents is 1. The summed E-state index contributed by atoms with van der Waals surface area (Å²) in [6.07, 6.45) is 0.464. The lowest BCUT2D eigenvalue weighted by atomic mass is 10.3. The summed E-state index contributed by atoms with van der Waals surface area (Å²) in [5.41, 5.74) is 0.502. The number of nitrogens with one attached hydrogen (secondary N) is 2. The molecule has 1 rings (SSSR count). The van der Waals surface area contributed by atoms with Gasteiger partial charge in [-0.2, -0.15) is 0 Å². The third kappa shape index (κ3) is 9.58. The number of hydrogen-bond donors (Lipinski definition) is 4. The van der Waals surface area contributed by atoms with Crippen molar-refractivity contribution in [1.29, 1.82) is 0 Å². The number of amides is 2. The fourth-order valence-electron chi connectivity index (χ4n) is 1.12. The van der Waals surface area contributed by atoms with E-state index in [2.05, 4.69) is 15.4 Å². The average molecular weight is 284 g/mol. The number of rotatable bonds is 4. The summed E-state index contributed by atoms with van der Waals surface area (Å²) in [5, 5.41) is 21.7. The van der Waals surface area contributed by atoms with Crippen LogP contribution in [0.25, 0.3) is 0 Å². The Bertz CT molecular complexity index is 423. The lowest BCUT2D eigenvalue weighted by Gasteiger charge is -2.02. The summed E-state index contributed by atoms with van der Waals surface area (Å²) >= 11 is 0. The summed E-state index contributed by atoms with van der Waals surface area (Å²) in [7, 11) is 1.28. The van der Waals surface area contributed by atoms with Crippen LogP contribution in [0.15, 0.2) is 24.3 Å². The van der Waals surface area contributed by atoms with Crippen LogP contribution in [-0.4, -0.2) is 36.1 Å². The van der Waals surface area contributed by atoms with Crippen LogP contribution in [0.5, 0.6) is 5.75 Å². The van der Waals surface area contributed by atoms with Crippen molar-refractivity contribution >= 4 is 17.9 Å². The van der Waals surface area contributed by atoms with Gasteiger partial charge in [0, 0.05) is 18.3 Å². The second-order valence-corrected chi connectivity index (χ2v) is 3.75. The minimum Gasteiger partial charge on any atom is -0.508 e. The first-order valence-corrected chi connectivity index (χ1v) is 6.10. The van der Waals surface area contributed by atoms with Crippen molar-refractivity contribution in [2.45, 2.75) is 19.8 Å². The van der Waals surface area contributed by atoms with E-state index < -0.39 is 12.2 Å². The zero-order valence-electron chi connectivity index (χ0n) is 11.5. The van der Waals surface area contributed by atoms with Crippen molar-refractivity contribution in [3.63, 3.8) is 0 Å². The molecular formula is C13H20N2O5. The van der Waals surface area contributed by atoms with E-state index in [4.69, 9.17) is 10.2 Å². The molecule has 0 heterocycles. The Morgan fingerprint density at radius 2 is 2.05 bits per heavy atom. The molecule has 0 aliphatic heterocycles. The van der Waals surface area contributed by atoms with Crippen molar-refractivity contribution in [2.24, 2.45) is 0 Å². The standard InChI is InChI=1S/C8H9NO3.C5H11NO2/c1-12-8(11)9-6-3-2-4-7(10)5-6;1-2-3-4-6-5(7)8/h2-5,10H,1H3,(H,9,11);6H,2-4H2,1H3,(H,7,8). The molecule has 0 saturated heterocycles. The highest BCUT2D eigenvalue weighted by atomic mass is 16.5. The van der Waals surface area contributed by atoms with Gasteiger partial charge in [0.25, 0.3) is 0 Å². The Labute approximate surface area is 117 Å². The number of benzene rings is 1. The zero-order chi connectivity index (χ0) is 15.4. The van der Waals surface area contributed by atoms with Crippen molar-refractivity contribution < 1.29 is 24.5 Å². The fourth-order valence-corrected chi connectivity index (χ4v) is 1.12. The smallest absolute Gasteiger partial charge is 0.411 e. The van der Waals surface area contributed by atoms with Crippen LogP contribution in [0.2, 0.25) is 0 Å². The molecular weight excluding hydrogens is 264 g/mol. The van der Waals surface area contributed by atoms with Gasteiger partial charge in [0.15, 0.2) is 0 Å². The molecule has 0 atom stereocenters. The van der Waals surface area contributed by atoms with Crippen LogP contribution in [0.1, 0.15) is 19.8 Å². The Hall–Kier alpha value is -2.44. The molecule has 20 heavy (non-hydrogen) atoms. The normalized spacial score (nSPS) is 8.90. The number of aromatic hydroxyl groups is 1. The van der Waals surface area contributed by atoms with Gasteiger partial charge < -0.3 is 20.3 Å². The quantitative estimate of drug-likeness (QED) is 0.636. The van der Waals surface area contributed by atoms with Gasteiger partial charge in [-0.05, 0) is 18.6 Å². The number of methoxy groups -OCH3 is 1. The summed E-state index contributed by atoms with van der Waals surface area (Å²) in [5.74, 6) is 0.101. The van der Waals surface area contributed by atoms with Gasteiger partial charge in [-0.3, -0.25) is 5.32 Å². The van der Waals surface area contributed by atoms with Gasteiger partial charge in [0.05, 0.1) is 7.11 Å². The Balaban J connectivity index is 0.000000396. The third-order valence-electron chi connectivity index (χ3n) is 2.08. The van der Waals surface area contributed by atoms with Crippen molar-refractivity contribution in [2.75, 3.05) is 19.0 Å². The number of phenols is 1. The first-order chi connectivity index (χ1) is 9.49. The molecule has 0 radical (unpaired) electrons. The number of unbranched alkanes of at least 4 members (excludes halogenated alkanes) is 1. The van der Waals surface area contributed by atoms with Gasteiger partial charge in [0.2, 0.25) is 0 Å². The lowest BCUT2D eigenvalue weighted by molar-refractivity contribution is 0.186. The van der Waals surface area contributed by atoms with Crippen molar-refractivity contribution in [3.8, 4) is 5.75 Å². The minimum absolute atomic E-state index is 0.101. The van der Waals surface area contributed by atoms with Crippen LogP contribution >= 0.6 is 0 Å². The Morgan fingerprint density at radius 3 is 2.55 bits per heavy atom. The van der Waals surface area contributed by atoms with Crippen LogP contribution in [0.3, 0.4) is 0 Å². The molecule has 0 unspecified atom stereocenters. The molecule has 7 heteroatoms. The lowest BCUT2D eigenvalue weighted by Crippen LogP contribution is -2.21. The molecule has 0 saturated carbocycles. The van der Waals surface area contributed by atoms with E-state index in [1.165, 1.54) is 19.2 Å². The second kappa shape index (κ2) is 10.5. The molecule has 1 aromatic rings. The van der Waals surface area contributed by atoms with Gasteiger partial charge in [-0.15, -0.1) is 0 Å². The maximum absolute atomic E-state index is 10.7. The summed E-state index contributed by atoms with van der Waals surface area (Å²) in [6, 6.07) is 6.22. The molecule has 0 aliphatic carbocycles. The molecule has 0 aliphatic rings. The van der Waals surface area contributed by atoms with E-state index in [9.17, 15) is 9.59 Å². The maximum Gasteiger partial charge on any atom is 0.411 e. The highest BCUT2D eigenvalue weighted by Crippen LogP contribution is 2.15. The molecule has 0 aromatic heterocycles. The van der Waals surface area contributed by atoms with E-state index in [0.29, 0.717) is 12.2 Å². The van der Waals surface area contributed by atoms with Gasteiger partial charge in [-0.25, -0.2) is 9.59 Å². The topological polar surface area (TPSA) is 108 Å². The predicted molar refractivity (Wildman–Crippen MR) is 75.1 cm³/mol. The number of hydrogen-bond acceptors (Lipinski definition) is 4. The van der Waals surface area contributed by atoms with E-state index in [1.807, 2.05) is 6.92 Å². The first kappa shape index (κ1) is 17.6. The molecule has 4 N–H and O–H groups in total. The Morgan fingerprint density at radius 1 is 1.35 bits per heavy atom. The maximum atomic E-state index is 10.7. The summed E-state index contributed by atoms with van der Waals surface area (Å²) < 4.78 is 4.36. The highest BCUT2D eigenvalue weighted by molar-refractivity contribution is 5.84. The van der Waals surface area contributed by atoms with Crippen molar-refractivity contribution in [1.82, 2.24) is 5.32 Å². The molecule has 7 nitrogen and oxygen atoms in total.